The minimum Gasteiger partial charge on any atom is -0.452 e. The van der Waals surface area contributed by atoms with Gasteiger partial charge in [0.15, 0.2) is 6.10 Å². The van der Waals surface area contributed by atoms with Crippen molar-refractivity contribution >= 4 is 11.8 Å². The fourth-order valence-electron chi connectivity index (χ4n) is 3.58. The summed E-state index contributed by atoms with van der Waals surface area (Å²) in [5.74, 6) is -1.85. The summed E-state index contributed by atoms with van der Waals surface area (Å²) in [6.45, 7) is 5.93. The Hall–Kier alpha value is -2.60. The van der Waals surface area contributed by atoms with Gasteiger partial charge in [0.2, 0.25) is 0 Å². The zero-order valence-corrected chi connectivity index (χ0v) is 17.7. The molecule has 0 saturated heterocycles. The van der Waals surface area contributed by atoms with Gasteiger partial charge in [0.1, 0.15) is 17.4 Å². The molecule has 0 amide bonds. The summed E-state index contributed by atoms with van der Waals surface area (Å²) in [5.41, 5.74) is 0.850. The topological polar surface area (TPSA) is 55.4 Å². The standard InChI is InChI=1S/C24H29F2NO3/c1-4-17(5-2)22(15-27-14-16(3)28)24(29)30-23(18-8-6-10-20(25)12-18)19-9-7-11-21(26)13-19/h6-13,17,22-23,27H,4-5,14-15H2,1-3H3. The highest BCUT2D eigenvalue weighted by atomic mass is 19.1. The van der Waals surface area contributed by atoms with Crippen molar-refractivity contribution in [3.05, 3.63) is 71.3 Å². The van der Waals surface area contributed by atoms with Gasteiger partial charge in [-0.2, -0.15) is 0 Å². The van der Waals surface area contributed by atoms with Gasteiger partial charge in [-0.25, -0.2) is 8.78 Å². The lowest BCUT2D eigenvalue weighted by atomic mass is 9.87. The molecule has 0 radical (unpaired) electrons. The average Bonchev–Trinajstić information content (AvgIpc) is 2.71. The number of ether oxygens (including phenoxy) is 1. The molecule has 0 saturated carbocycles. The second-order valence-corrected chi connectivity index (χ2v) is 7.44. The number of halogens is 2. The fourth-order valence-corrected chi connectivity index (χ4v) is 3.58. The predicted octanol–water partition coefficient (Wildman–Crippen LogP) is 4.83. The van der Waals surface area contributed by atoms with Gasteiger partial charge >= 0.3 is 5.97 Å². The number of hydrogen-bond donors (Lipinski definition) is 1. The summed E-state index contributed by atoms with van der Waals surface area (Å²) in [4.78, 5) is 24.4. The molecule has 2 aromatic rings. The number of carbonyl (C=O) groups excluding carboxylic acids is 2. The van der Waals surface area contributed by atoms with E-state index in [0.29, 0.717) is 17.7 Å². The molecule has 0 aliphatic carbocycles. The number of rotatable bonds is 11. The van der Waals surface area contributed by atoms with Crippen LogP contribution >= 0.6 is 0 Å². The molecule has 162 valence electrons. The third-order valence-corrected chi connectivity index (χ3v) is 5.20. The molecule has 1 unspecified atom stereocenters. The molecule has 1 N–H and O–H groups in total. The summed E-state index contributed by atoms with van der Waals surface area (Å²) in [5, 5.41) is 3.02. The number of esters is 1. The van der Waals surface area contributed by atoms with E-state index in [4.69, 9.17) is 4.74 Å². The van der Waals surface area contributed by atoms with Gasteiger partial charge in [-0.15, -0.1) is 0 Å². The SMILES string of the molecule is CCC(CC)C(CNCC(C)=O)C(=O)OC(c1cccc(F)c1)c1cccc(F)c1. The second-order valence-electron chi connectivity index (χ2n) is 7.44. The maximum atomic E-state index is 13.8. The summed E-state index contributed by atoms with van der Waals surface area (Å²) in [7, 11) is 0. The molecule has 30 heavy (non-hydrogen) atoms. The average molecular weight is 417 g/mol. The third kappa shape index (κ3) is 6.73. The highest BCUT2D eigenvalue weighted by Crippen LogP contribution is 2.30. The molecule has 6 heteroatoms. The number of hydrogen-bond acceptors (Lipinski definition) is 4. The Morgan fingerprint density at radius 3 is 1.93 bits per heavy atom. The van der Waals surface area contributed by atoms with E-state index in [1.165, 1.54) is 43.3 Å². The monoisotopic (exact) mass is 417 g/mol. The number of ketones is 1. The lowest BCUT2D eigenvalue weighted by Crippen LogP contribution is -2.37. The number of carbonyl (C=O) groups is 2. The molecule has 2 aromatic carbocycles. The lowest BCUT2D eigenvalue weighted by Gasteiger charge is -2.27. The van der Waals surface area contributed by atoms with Gasteiger partial charge in [0, 0.05) is 6.54 Å². The van der Waals surface area contributed by atoms with Gasteiger partial charge in [0.05, 0.1) is 12.5 Å². The highest BCUT2D eigenvalue weighted by molar-refractivity contribution is 5.78. The van der Waals surface area contributed by atoms with Gasteiger partial charge in [-0.05, 0) is 48.2 Å². The van der Waals surface area contributed by atoms with Crippen molar-refractivity contribution in [1.82, 2.24) is 5.32 Å². The Balaban J connectivity index is 2.33. The molecule has 0 aliphatic heterocycles. The van der Waals surface area contributed by atoms with Crippen LogP contribution in [0.2, 0.25) is 0 Å². The van der Waals surface area contributed by atoms with Crippen LogP contribution in [0.1, 0.15) is 50.8 Å². The molecule has 0 fully saturated rings. The Labute approximate surface area is 176 Å². The van der Waals surface area contributed by atoms with E-state index in [-0.39, 0.29) is 18.2 Å². The second kappa shape index (κ2) is 11.6. The predicted molar refractivity (Wildman–Crippen MR) is 112 cm³/mol. The van der Waals surface area contributed by atoms with Crippen molar-refractivity contribution in [3.8, 4) is 0 Å². The molecule has 0 aliphatic rings. The highest BCUT2D eigenvalue weighted by Gasteiger charge is 2.30. The summed E-state index contributed by atoms with van der Waals surface area (Å²) < 4.78 is 33.5. The van der Waals surface area contributed by atoms with E-state index in [1.807, 2.05) is 13.8 Å². The molecule has 2 rings (SSSR count). The largest absolute Gasteiger partial charge is 0.452 e. The zero-order chi connectivity index (χ0) is 22.1. The molecular formula is C24H29F2NO3. The molecule has 0 spiro atoms. The van der Waals surface area contributed by atoms with Crippen LogP contribution in [0.15, 0.2) is 48.5 Å². The minimum absolute atomic E-state index is 0.0240. The van der Waals surface area contributed by atoms with Crippen LogP contribution < -0.4 is 5.32 Å². The lowest BCUT2D eigenvalue weighted by molar-refractivity contribution is -0.154. The van der Waals surface area contributed by atoms with Gasteiger partial charge in [-0.1, -0.05) is 51.0 Å². The van der Waals surface area contributed by atoms with E-state index in [1.54, 1.807) is 12.1 Å². The normalized spacial score (nSPS) is 12.2. The van der Waals surface area contributed by atoms with Crippen molar-refractivity contribution in [2.24, 2.45) is 11.8 Å². The Morgan fingerprint density at radius 1 is 0.967 bits per heavy atom. The van der Waals surface area contributed by atoms with Gasteiger partial charge < -0.3 is 10.1 Å². The smallest absolute Gasteiger partial charge is 0.311 e. The summed E-state index contributed by atoms with van der Waals surface area (Å²) >= 11 is 0. The summed E-state index contributed by atoms with van der Waals surface area (Å²) in [6.07, 6.45) is 0.596. The van der Waals surface area contributed by atoms with Gasteiger partial charge in [-0.3, -0.25) is 9.59 Å². The van der Waals surface area contributed by atoms with Crippen LogP contribution in [0.3, 0.4) is 0 Å². The fraction of sp³-hybridized carbons (Fsp3) is 0.417. The number of Topliss-reactive ketones (excluding diaryl/α,β-unsaturated/α-hetero) is 1. The van der Waals surface area contributed by atoms with E-state index < -0.39 is 29.6 Å². The van der Waals surface area contributed by atoms with Crippen molar-refractivity contribution < 1.29 is 23.1 Å². The van der Waals surface area contributed by atoms with E-state index in [9.17, 15) is 18.4 Å². The Morgan fingerprint density at radius 2 is 1.50 bits per heavy atom. The molecule has 0 heterocycles. The first kappa shape index (κ1) is 23.7. The van der Waals surface area contributed by atoms with E-state index in [0.717, 1.165) is 12.8 Å². The van der Waals surface area contributed by atoms with E-state index >= 15 is 0 Å². The van der Waals surface area contributed by atoms with Crippen LogP contribution in [0.4, 0.5) is 8.78 Å². The molecular weight excluding hydrogens is 388 g/mol. The Bertz CT molecular complexity index is 806. The minimum atomic E-state index is -0.937. The maximum Gasteiger partial charge on any atom is 0.311 e. The first-order chi connectivity index (χ1) is 14.3. The number of benzene rings is 2. The van der Waals surface area contributed by atoms with Crippen LogP contribution in [-0.4, -0.2) is 24.8 Å². The molecule has 0 aromatic heterocycles. The van der Waals surface area contributed by atoms with Crippen molar-refractivity contribution in [1.29, 1.82) is 0 Å². The molecule has 1 atom stereocenters. The van der Waals surface area contributed by atoms with E-state index in [2.05, 4.69) is 5.32 Å². The maximum absolute atomic E-state index is 13.8. The zero-order valence-electron chi connectivity index (χ0n) is 17.7. The third-order valence-electron chi connectivity index (χ3n) is 5.20. The van der Waals surface area contributed by atoms with Crippen LogP contribution in [-0.2, 0) is 14.3 Å². The quantitative estimate of drug-likeness (QED) is 0.532. The van der Waals surface area contributed by atoms with Crippen molar-refractivity contribution in [3.63, 3.8) is 0 Å². The first-order valence-corrected chi connectivity index (χ1v) is 10.3. The van der Waals surface area contributed by atoms with Crippen LogP contribution in [0, 0.1) is 23.5 Å². The van der Waals surface area contributed by atoms with Crippen LogP contribution in [0.25, 0.3) is 0 Å². The molecule has 0 bridgehead atoms. The Kier molecular flexibility index (Phi) is 9.12. The first-order valence-electron chi connectivity index (χ1n) is 10.3. The van der Waals surface area contributed by atoms with Crippen LogP contribution in [0.5, 0.6) is 0 Å². The van der Waals surface area contributed by atoms with Crippen molar-refractivity contribution in [2.75, 3.05) is 13.1 Å². The van der Waals surface area contributed by atoms with Gasteiger partial charge in [0.25, 0.3) is 0 Å². The number of nitrogens with one attached hydrogen (secondary N) is 1. The summed E-state index contributed by atoms with van der Waals surface area (Å²) in [6, 6.07) is 11.5. The van der Waals surface area contributed by atoms with Crippen molar-refractivity contribution in [2.45, 2.75) is 39.7 Å². The molecule has 4 nitrogen and oxygen atoms in total.